The zero-order chi connectivity index (χ0) is 32.3. The lowest BCUT2D eigenvalue weighted by molar-refractivity contribution is 1.29. The molecule has 0 spiro atoms. The van der Waals surface area contributed by atoms with Crippen molar-refractivity contribution in [1.82, 2.24) is 0 Å². The van der Waals surface area contributed by atoms with Gasteiger partial charge < -0.3 is 4.90 Å². The van der Waals surface area contributed by atoms with Crippen molar-refractivity contribution in [3.63, 3.8) is 0 Å². The molecule has 0 N–H and O–H groups in total. The first-order valence-corrected chi connectivity index (χ1v) is 18.2. The Morgan fingerprint density at radius 3 is 1.78 bits per heavy atom. The van der Waals surface area contributed by atoms with Crippen LogP contribution in [0.1, 0.15) is 0 Å². The summed E-state index contributed by atoms with van der Waals surface area (Å²) in [5.74, 6) is 0. The topological polar surface area (TPSA) is 3.24 Å². The van der Waals surface area contributed by atoms with Crippen molar-refractivity contribution in [2.75, 3.05) is 4.90 Å². The molecule has 0 amide bonds. The number of rotatable bonds is 5. The van der Waals surface area contributed by atoms with Gasteiger partial charge in [-0.3, -0.25) is 0 Å². The highest BCUT2D eigenvalue weighted by molar-refractivity contribution is 7.26. The van der Waals surface area contributed by atoms with E-state index < -0.39 is 0 Å². The van der Waals surface area contributed by atoms with Gasteiger partial charge in [-0.1, -0.05) is 115 Å². The van der Waals surface area contributed by atoms with Crippen LogP contribution in [0.4, 0.5) is 17.1 Å². The third-order valence-corrected chi connectivity index (χ3v) is 11.9. The summed E-state index contributed by atoms with van der Waals surface area (Å²) in [6.45, 7) is 0. The van der Waals surface area contributed by atoms with E-state index in [0.717, 1.165) is 17.1 Å². The third kappa shape index (κ3) is 4.82. The van der Waals surface area contributed by atoms with E-state index >= 15 is 0 Å². The van der Waals surface area contributed by atoms with Crippen LogP contribution >= 0.6 is 22.7 Å². The molecular weight excluding hydrogens is 631 g/mol. The van der Waals surface area contributed by atoms with E-state index in [1.807, 2.05) is 22.7 Å². The zero-order valence-electron chi connectivity index (χ0n) is 26.5. The van der Waals surface area contributed by atoms with Crippen molar-refractivity contribution in [3.05, 3.63) is 176 Å². The highest BCUT2D eigenvalue weighted by Crippen LogP contribution is 2.44. The van der Waals surface area contributed by atoms with Crippen LogP contribution in [0.2, 0.25) is 0 Å². The number of nitrogens with zero attached hydrogens (tertiary/aromatic N) is 1. The quantitative estimate of drug-likeness (QED) is 0.178. The van der Waals surface area contributed by atoms with Crippen molar-refractivity contribution in [2.24, 2.45) is 0 Å². The number of anilines is 3. The van der Waals surface area contributed by atoms with Gasteiger partial charge >= 0.3 is 0 Å². The standard InChI is InChI=1S/C46H29NS2/c1-2-11-31-26-33(23-22-30(31)10-1)32-12-7-14-35(27-32)47(37-24-25-40-39-16-3-5-19-42(39)49-45(40)29-37)36-15-8-13-34(28-36)38-18-9-21-44-46(38)41-17-4-6-20-43(41)48-44/h1-29H. The van der Waals surface area contributed by atoms with E-state index in [2.05, 4.69) is 181 Å². The minimum absolute atomic E-state index is 1.13. The smallest absolute Gasteiger partial charge is 0.0476 e. The van der Waals surface area contributed by atoms with Crippen LogP contribution in [0, 0.1) is 0 Å². The van der Waals surface area contributed by atoms with Gasteiger partial charge in [-0.05, 0) is 93.7 Å². The molecule has 0 saturated heterocycles. The van der Waals surface area contributed by atoms with E-state index in [1.54, 1.807) is 0 Å². The van der Waals surface area contributed by atoms with E-state index in [-0.39, 0.29) is 0 Å². The summed E-state index contributed by atoms with van der Waals surface area (Å²) >= 11 is 3.73. The van der Waals surface area contributed by atoms with E-state index in [4.69, 9.17) is 0 Å². The minimum atomic E-state index is 1.13. The Bertz CT molecular complexity index is 2860. The van der Waals surface area contributed by atoms with Crippen LogP contribution in [0.25, 0.3) is 73.4 Å². The monoisotopic (exact) mass is 659 g/mol. The molecule has 0 aliphatic carbocycles. The van der Waals surface area contributed by atoms with Crippen LogP contribution in [0.15, 0.2) is 176 Å². The highest BCUT2D eigenvalue weighted by atomic mass is 32.1. The third-order valence-electron chi connectivity index (χ3n) is 9.63. The SMILES string of the molecule is c1cc(-c2ccc3ccccc3c2)cc(N(c2cccc(-c3cccc4sc5ccccc5c34)c2)c2ccc3c(c2)sc2ccccc23)c1. The molecule has 2 heterocycles. The average Bonchev–Trinajstić information content (AvgIpc) is 3.73. The molecule has 10 aromatic rings. The molecule has 1 nitrogen and oxygen atoms in total. The lowest BCUT2D eigenvalue weighted by Crippen LogP contribution is -2.10. The summed E-state index contributed by atoms with van der Waals surface area (Å²) in [5, 5.41) is 7.78. The fourth-order valence-corrected chi connectivity index (χ4v) is 9.59. The average molecular weight is 660 g/mol. The number of hydrogen-bond acceptors (Lipinski definition) is 3. The Morgan fingerprint density at radius 2 is 0.918 bits per heavy atom. The molecule has 0 aliphatic heterocycles. The van der Waals surface area contributed by atoms with Crippen LogP contribution in [-0.2, 0) is 0 Å². The molecule has 230 valence electrons. The van der Waals surface area contributed by atoms with Gasteiger partial charge in [0.2, 0.25) is 0 Å². The second-order valence-corrected chi connectivity index (χ2v) is 14.7. The molecular formula is C46H29NS2. The Balaban J connectivity index is 1.16. The van der Waals surface area contributed by atoms with Gasteiger partial charge in [0.1, 0.15) is 0 Å². The van der Waals surface area contributed by atoms with E-state index in [1.165, 1.54) is 73.4 Å². The van der Waals surface area contributed by atoms with Crippen molar-refractivity contribution in [2.45, 2.75) is 0 Å². The van der Waals surface area contributed by atoms with E-state index in [9.17, 15) is 0 Å². The maximum absolute atomic E-state index is 2.42. The Kier molecular flexibility index (Phi) is 6.61. The molecule has 0 atom stereocenters. The number of fused-ring (bicyclic) bond motifs is 7. The molecule has 0 bridgehead atoms. The first kappa shape index (κ1) is 28.3. The number of benzene rings is 8. The fourth-order valence-electron chi connectivity index (χ4n) is 7.32. The maximum Gasteiger partial charge on any atom is 0.0476 e. The van der Waals surface area contributed by atoms with E-state index in [0.29, 0.717) is 0 Å². The molecule has 0 aliphatic rings. The molecule has 2 aromatic heterocycles. The van der Waals surface area contributed by atoms with Crippen LogP contribution in [0.3, 0.4) is 0 Å². The maximum atomic E-state index is 2.42. The molecule has 0 unspecified atom stereocenters. The van der Waals surface area contributed by atoms with Gasteiger partial charge in [0, 0.05) is 57.4 Å². The van der Waals surface area contributed by atoms with Crippen LogP contribution in [0.5, 0.6) is 0 Å². The normalized spacial score (nSPS) is 11.7. The summed E-state index contributed by atoms with van der Waals surface area (Å²) in [4.78, 5) is 2.42. The largest absolute Gasteiger partial charge is 0.310 e. The summed E-state index contributed by atoms with van der Waals surface area (Å²) in [7, 11) is 0. The van der Waals surface area contributed by atoms with Gasteiger partial charge in [-0.2, -0.15) is 0 Å². The highest BCUT2D eigenvalue weighted by Gasteiger charge is 2.18. The lowest BCUT2D eigenvalue weighted by Gasteiger charge is -2.27. The number of thiophene rings is 2. The molecule has 3 heteroatoms. The van der Waals surface area contributed by atoms with Crippen LogP contribution in [-0.4, -0.2) is 0 Å². The summed E-state index contributed by atoms with van der Waals surface area (Å²) in [6.07, 6.45) is 0. The zero-order valence-corrected chi connectivity index (χ0v) is 28.1. The van der Waals surface area contributed by atoms with Crippen molar-refractivity contribution in [1.29, 1.82) is 0 Å². The predicted octanol–water partition coefficient (Wildman–Crippen LogP) is 14.4. The molecule has 10 rings (SSSR count). The molecule has 0 saturated carbocycles. The summed E-state index contributed by atoms with van der Waals surface area (Å²) < 4.78 is 5.25. The Morgan fingerprint density at radius 1 is 0.327 bits per heavy atom. The molecule has 8 aromatic carbocycles. The van der Waals surface area contributed by atoms with Gasteiger partial charge in [0.05, 0.1) is 0 Å². The van der Waals surface area contributed by atoms with Crippen molar-refractivity contribution in [3.8, 4) is 22.3 Å². The summed E-state index contributed by atoms with van der Waals surface area (Å²) in [6, 6.07) is 64.5. The van der Waals surface area contributed by atoms with Crippen molar-refractivity contribution >= 4 is 90.9 Å². The van der Waals surface area contributed by atoms with Gasteiger partial charge in [0.15, 0.2) is 0 Å². The molecule has 0 radical (unpaired) electrons. The second-order valence-electron chi connectivity index (χ2n) is 12.6. The Labute approximate surface area is 292 Å². The number of hydrogen-bond donors (Lipinski definition) is 0. The Hall–Kier alpha value is -5.74. The van der Waals surface area contributed by atoms with Gasteiger partial charge in [-0.15, -0.1) is 22.7 Å². The first-order valence-electron chi connectivity index (χ1n) is 16.6. The predicted molar refractivity (Wildman–Crippen MR) is 215 cm³/mol. The molecule has 49 heavy (non-hydrogen) atoms. The summed E-state index contributed by atoms with van der Waals surface area (Å²) in [5.41, 5.74) is 8.29. The second kappa shape index (κ2) is 11.5. The minimum Gasteiger partial charge on any atom is -0.310 e. The lowest BCUT2D eigenvalue weighted by atomic mass is 9.98. The van der Waals surface area contributed by atoms with Crippen LogP contribution < -0.4 is 4.90 Å². The van der Waals surface area contributed by atoms with Gasteiger partial charge in [-0.25, -0.2) is 0 Å². The van der Waals surface area contributed by atoms with Crippen molar-refractivity contribution < 1.29 is 0 Å². The molecule has 0 fully saturated rings. The first-order chi connectivity index (χ1) is 24.3. The fraction of sp³-hybridized carbons (Fsp3) is 0. The van der Waals surface area contributed by atoms with Gasteiger partial charge in [0.25, 0.3) is 0 Å².